The maximum Gasteiger partial charge on any atom is 0.256 e. The summed E-state index contributed by atoms with van der Waals surface area (Å²) in [7, 11) is 1.57. The lowest BCUT2D eigenvalue weighted by Gasteiger charge is -2.17. The molecule has 22 heavy (non-hydrogen) atoms. The monoisotopic (exact) mass is 309 g/mol. The fourth-order valence-corrected chi connectivity index (χ4v) is 2.49. The van der Waals surface area contributed by atoms with Crippen molar-refractivity contribution in [3.8, 4) is 5.75 Å². The van der Waals surface area contributed by atoms with Gasteiger partial charge < -0.3 is 15.8 Å². The summed E-state index contributed by atoms with van der Waals surface area (Å²) < 4.78 is 19.2. The molecule has 1 aromatic rings. The predicted molar refractivity (Wildman–Crippen MR) is 78.9 cm³/mol. The van der Waals surface area contributed by atoms with E-state index in [9.17, 15) is 14.0 Å². The van der Waals surface area contributed by atoms with Gasteiger partial charge in [0.2, 0.25) is 11.6 Å². The van der Waals surface area contributed by atoms with Crippen LogP contribution in [0.15, 0.2) is 24.3 Å². The first-order chi connectivity index (χ1) is 10.4. The zero-order valence-corrected chi connectivity index (χ0v) is 12.5. The molecule has 7 heteroatoms. The number of hydrogen-bond donors (Lipinski definition) is 2. The third kappa shape index (κ3) is 3.73. The molecule has 1 saturated heterocycles. The largest absolute Gasteiger partial charge is 0.496 e. The molecule has 1 heterocycles. The molecule has 6 nitrogen and oxygen atoms in total. The van der Waals surface area contributed by atoms with Crippen LogP contribution in [-0.2, 0) is 16.1 Å². The van der Waals surface area contributed by atoms with E-state index >= 15 is 0 Å². The van der Waals surface area contributed by atoms with E-state index in [1.807, 2.05) is 24.3 Å². The van der Waals surface area contributed by atoms with Crippen LogP contribution in [0.25, 0.3) is 0 Å². The van der Waals surface area contributed by atoms with Crippen molar-refractivity contribution in [2.24, 2.45) is 5.73 Å². The highest BCUT2D eigenvalue weighted by atomic mass is 19.1. The van der Waals surface area contributed by atoms with E-state index in [1.165, 1.54) is 0 Å². The molecule has 0 aromatic heterocycles. The third-order valence-corrected chi connectivity index (χ3v) is 3.78. The Morgan fingerprint density at radius 1 is 1.45 bits per heavy atom. The summed E-state index contributed by atoms with van der Waals surface area (Å²) in [5, 5.41) is 2.76. The van der Waals surface area contributed by atoms with Crippen LogP contribution in [0, 0.1) is 0 Å². The number of nitrogens with one attached hydrogen (secondary N) is 1. The molecule has 1 fully saturated rings. The second-order valence-electron chi connectivity index (χ2n) is 5.38. The maximum atomic E-state index is 14.0. The summed E-state index contributed by atoms with van der Waals surface area (Å²) >= 11 is 0. The van der Waals surface area contributed by atoms with Crippen molar-refractivity contribution < 1.29 is 18.7 Å². The summed E-state index contributed by atoms with van der Waals surface area (Å²) in [6.45, 7) is 0.563. The average Bonchev–Trinajstić information content (AvgIpc) is 2.88. The van der Waals surface area contributed by atoms with E-state index < -0.39 is 11.6 Å². The van der Waals surface area contributed by atoms with Crippen molar-refractivity contribution in [3.63, 3.8) is 0 Å². The molecule has 0 bridgehead atoms. The first-order valence-corrected chi connectivity index (χ1v) is 7.04. The first kappa shape index (κ1) is 16.2. The number of ether oxygens (including phenoxy) is 1. The van der Waals surface area contributed by atoms with E-state index in [1.54, 1.807) is 12.0 Å². The van der Waals surface area contributed by atoms with Crippen molar-refractivity contribution in [1.29, 1.82) is 0 Å². The molecule has 1 unspecified atom stereocenters. The molecular weight excluding hydrogens is 289 g/mol. The number of hydrogen-bond acceptors (Lipinski definition) is 4. The molecule has 2 rings (SSSR count). The molecule has 3 N–H and O–H groups in total. The minimum Gasteiger partial charge on any atom is -0.496 e. The Labute approximate surface area is 128 Å². The molecule has 2 amide bonds. The molecule has 1 aliphatic rings. The SMILES string of the molecule is COc1ccccc1CNC(=O)CN1CCC(F)(C(N)=O)C1. The van der Waals surface area contributed by atoms with Gasteiger partial charge in [0.15, 0.2) is 0 Å². The standard InChI is InChI=1S/C15H20FN3O3/c1-22-12-5-3-2-4-11(12)8-18-13(20)9-19-7-6-15(16,10-19)14(17)21/h2-5H,6-10H2,1H3,(H2,17,21)(H,18,20). The minimum atomic E-state index is -2.02. The van der Waals surface area contributed by atoms with Crippen LogP contribution >= 0.6 is 0 Å². The highest BCUT2D eigenvalue weighted by Crippen LogP contribution is 2.24. The second kappa shape index (κ2) is 6.74. The number of primary amides is 1. The van der Waals surface area contributed by atoms with E-state index in [-0.39, 0.29) is 25.4 Å². The van der Waals surface area contributed by atoms with E-state index in [0.717, 1.165) is 5.56 Å². The van der Waals surface area contributed by atoms with E-state index in [2.05, 4.69) is 5.32 Å². The predicted octanol–water partition coefficient (Wildman–Crippen LogP) is 0.211. The van der Waals surface area contributed by atoms with E-state index in [0.29, 0.717) is 18.8 Å². The maximum absolute atomic E-state index is 14.0. The Morgan fingerprint density at radius 3 is 2.82 bits per heavy atom. The van der Waals surface area contributed by atoms with Crippen molar-refractivity contribution in [2.75, 3.05) is 26.7 Å². The van der Waals surface area contributed by atoms with Gasteiger partial charge in [-0.1, -0.05) is 18.2 Å². The summed E-state index contributed by atoms with van der Waals surface area (Å²) in [6, 6.07) is 7.37. The number of halogens is 1. The Morgan fingerprint density at radius 2 is 2.18 bits per heavy atom. The smallest absolute Gasteiger partial charge is 0.256 e. The van der Waals surface area contributed by atoms with Gasteiger partial charge in [-0.25, -0.2) is 4.39 Å². The summed E-state index contributed by atoms with van der Waals surface area (Å²) in [5.74, 6) is -0.510. The number of nitrogens with zero attached hydrogens (tertiary/aromatic N) is 1. The Hall–Kier alpha value is -2.15. The number of carbonyl (C=O) groups is 2. The third-order valence-electron chi connectivity index (χ3n) is 3.78. The molecule has 0 spiro atoms. The molecule has 0 radical (unpaired) electrons. The number of rotatable bonds is 6. The summed E-state index contributed by atoms with van der Waals surface area (Å²) in [6.07, 6.45) is 0.0299. The number of alkyl halides is 1. The minimum absolute atomic E-state index is 0.0299. The van der Waals surface area contributed by atoms with Gasteiger partial charge >= 0.3 is 0 Å². The van der Waals surface area contributed by atoms with Gasteiger partial charge in [0.25, 0.3) is 5.91 Å². The summed E-state index contributed by atoms with van der Waals surface area (Å²) in [4.78, 5) is 24.5. The fourth-order valence-electron chi connectivity index (χ4n) is 2.49. The van der Waals surface area contributed by atoms with Crippen molar-refractivity contribution in [1.82, 2.24) is 10.2 Å². The van der Waals surface area contributed by atoms with Gasteiger partial charge in [0.1, 0.15) is 5.75 Å². The zero-order valence-electron chi connectivity index (χ0n) is 12.5. The van der Waals surface area contributed by atoms with Crippen LogP contribution in [0.4, 0.5) is 4.39 Å². The number of methoxy groups -OCH3 is 1. The Bertz CT molecular complexity index is 567. The van der Waals surface area contributed by atoms with Gasteiger partial charge in [-0.3, -0.25) is 14.5 Å². The first-order valence-electron chi connectivity index (χ1n) is 7.04. The van der Waals surface area contributed by atoms with Crippen LogP contribution in [0.5, 0.6) is 5.75 Å². The molecule has 1 atom stereocenters. The van der Waals surface area contributed by atoms with Crippen LogP contribution in [0.3, 0.4) is 0 Å². The number of benzene rings is 1. The number of likely N-dealkylation sites (tertiary alicyclic amines) is 1. The van der Waals surface area contributed by atoms with E-state index in [4.69, 9.17) is 10.5 Å². The lowest BCUT2D eigenvalue weighted by Crippen LogP contribution is -2.43. The van der Waals surface area contributed by atoms with Crippen LogP contribution in [-0.4, -0.2) is 49.1 Å². The van der Waals surface area contributed by atoms with Crippen LogP contribution < -0.4 is 15.8 Å². The van der Waals surface area contributed by atoms with Gasteiger partial charge in [0, 0.05) is 31.6 Å². The van der Waals surface area contributed by atoms with Gasteiger partial charge in [-0.05, 0) is 6.07 Å². The summed E-state index contributed by atoms with van der Waals surface area (Å²) in [5.41, 5.74) is 3.87. The normalized spacial score (nSPS) is 21.5. The number of nitrogens with two attached hydrogens (primary N) is 1. The lowest BCUT2D eigenvalue weighted by atomic mass is 10.1. The number of para-hydroxylation sites is 1. The number of carbonyl (C=O) groups excluding carboxylic acids is 2. The van der Waals surface area contributed by atoms with Crippen LogP contribution in [0.2, 0.25) is 0 Å². The quantitative estimate of drug-likeness (QED) is 0.787. The molecule has 0 saturated carbocycles. The Kier molecular flexibility index (Phi) is 4.97. The lowest BCUT2D eigenvalue weighted by molar-refractivity contribution is -0.129. The second-order valence-corrected chi connectivity index (χ2v) is 5.38. The molecule has 0 aliphatic carbocycles. The average molecular weight is 309 g/mol. The van der Waals surface area contributed by atoms with Crippen molar-refractivity contribution in [3.05, 3.63) is 29.8 Å². The zero-order chi connectivity index (χ0) is 16.2. The number of amides is 2. The van der Waals surface area contributed by atoms with Crippen LogP contribution in [0.1, 0.15) is 12.0 Å². The fraction of sp³-hybridized carbons (Fsp3) is 0.467. The van der Waals surface area contributed by atoms with Crippen molar-refractivity contribution in [2.45, 2.75) is 18.6 Å². The molecule has 1 aromatic carbocycles. The highest BCUT2D eigenvalue weighted by molar-refractivity contribution is 5.84. The van der Waals surface area contributed by atoms with Gasteiger partial charge in [0.05, 0.1) is 13.7 Å². The van der Waals surface area contributed by atoms with Gasteiger partial charge in [-0.2, -0.15) is 0 Å². The van der Waals surface area contributed by atoms with Gasteiger partial charge in [-0.15, -0.1) is 0 Å². The molecular formula is C15H20FN3O3. The molecule has 1 aliphatic heterocycles. The highest BCUT2D eigenvalue weighted by Gasteiger charge is 2.43. The Balaban J connectivity index is 1.83. The van der Waals surface area contributed by atoms with Crippen molar-refractivity contribution >= 4 is 11.8 Å². The molecule has 120 valence electrons. The topological polar surface area (TPSA) is 84.7 Å².